The highest BCUT2D eigenvalue weighted by Crippen LogP contribution is 2.38. The van der Waals surface area contributed by atoms with E-state index in [0.717, 1.165) is 0 Å². The van der Waals surface area contributed by atoms with Gasteiger partial charge in [-0.2, -0.15) is 0 Å². The van der Waals surface area contributed by atoms with Crippen molar-refractivity contribution in [2.24, 2.45) is 0 Å². The van der Waals surface area contributed by atoms with Gasteiger partial charge in [-0.15, -0.1) is 0 Å². The monoisotopic (exact) mass is 241 g/mol. The molecule has 16 heavy (non-hydrogen) atoms. The molecule has 0 aliphatic rings. The third kappa shape index (κ3) is 3.88. The highest BCUT2D eigenvalue weighted by atomic mass is 31.2. The number of hydrogen-bond acceptors (Lipinski definition) is 3. The molecule has 86 valence electrons. The van der Waals surface area contributed by atoms with Crippen molar-refractivity contribution in [3.63, 3.8) is 0 Å². The zero-order chi connectivity index (χ0) is 12.2. The van der Waals surface area contributed by atoms with Crippen LogP contribution in [0, 0.1) is 0 Å². The number of rotatable bonds is 4. The normalized spacial score (nSPS) is 13.6. The quantitative estimate of drug-likeness (QED) is 0.623. The summed E-state index contributed by atoms with van der Waals surface area (Å²) >= 11 is 0. The maximum absolute atomic E-state index is 11.5. The van der Waals surface area contributed by atoms with E-state index in [1.165, 1.54) is 19.1 Å². The van der Waals surface area contributed by atoms with E-state index in [1.807, 2.05) is 5.09 Å². The Morgan fingerprint density at radius 1 is 1.44 bits per heavy atom. The summed E-state index contributed by atoms with van der Waals surface area (Å²) in [6.07, 6.45) is 0. The topological polar surface area (TPSA) is 75.6 Å². The van der Waals surface area contributed by atoms with E-state index in [2.05, 4.69) is 6.58 Å². The van der Waals surface area contributed by atoms with Crippen LogP contribution >= 0.6 is 7.75 Å². The van der Waals surface area contributed by atoms with Gasteiger partial charge in [0.2, 0.25) is 0 Å². The molecule has 0 aliphatic carbocycles. The van der Waals surface area contributed by atoms with Crippen LogP contribution in [0.2, 0.25) is 0 Å². The number of amides is 1. The first-order chi connectivity index (χ1) is 7.41. The van der Waals surface area contributed by atoms with E-state index in [-0.39, 0.29) is 11.3 Å². The molecule has 0 heterocycles. The highest BCUT2D eigenvalue weighted by molar-refractivity contribution is 7.51. The average molecular weight is 241 g/mol. The lowest BCUT2D eigenvalue weighted by molar-refractivity contribution is -0.116. The third-order valence-electron chi connectivity index (χ3n) is 1.60. The van der Waals surface area contributed by atoms with Crippen LogP contribution in [-0.2, 0) is 9.36 Å². The molecule has 6 heteroatoms. The summed E-state index contributed by atoms with van der Waals surface area (Å²) in [6.45, 7) is 4.77. The molecule has 0 aliphatic heterocycles. The lowest BCUT2D eigenvalue weighted by atomic mass is 10.3. The molecule has 2 N–H and O–H groups in total. The predicted octanol–water partition coefficient (Wildman–Crippen LogP) is 1.86. The van der Waals surface area contributed by atoms with Gasteiger partial charge >= 0.3 is 7.75 Å². The molecular formula is C10H12NO4P. The van der Waals surface area contributed by atoms with E-state index in [0.29, 0.717) is 0 Å². The number of hydrogen-bond donors (Lipinski definition) is 2. The molecular weight excluding hydrogens is 229 g/mol. The molecule has 0 fully saturated rings. The van der Waals surface area contributed by atoms with Crippen molar-refractivity contribution in [2.45, 2.75) is 6.92 Å². The summed E-state index contributed by atoms with van der Waals surface area (Å²) in [5, 5.41) is 1.85. The Hall–Kier alpha value is -1.58. The minimum Gasteiger partial charge on any atom is -0.409 e. The fourth-order valence-corrected chi connectivity index (χ4v) is 1.77. The van der Waals surface area contributed by atoms with Gasteiger partial charge in [0.1, 0.15) is 5.75 Å². The Balaban J connectivity index is 2.69. The fraction of sp³-hybridized carbons (Fsp3) is 0.100. The smallest absolute Gasteiger partial charge is 0.409 e. The van der Waals surface area contributed by atoms with Gasteiger partial charge in [0.25, 0.3) is 5.91 Å². The molecule has 0 radical (unpaired) electrons. The molecule has 1 atom stereocenters. The standard InChI is InChI=1S/C10H12NO4P/c1-8(2)10(12)11-16(13,14)15-9-6-4-3-5-7-9/h3-7H,1H2,2H3,(H2,11,12,13,14). The van der Waals surface area contributed by atoms with Gasteiger partial charge in [-0.25, -0.2) is 9.65 Å². The number of carbonyl (C=O) groups excluding carboxylic acids is 1. The Morgan fingerprint density at radius 2 is 2.00 bits per heavy atom. The van der Waals surface area contributed by atoms with E-state index in [9.17, 15) is 14.3 Å². The first kappa shape index (κ1) is 12.5. The molecule has 1 rings (SSSR count). The van der Waals surface area contributed by atoms with Crippen molar-refractivity contribution < 1.29 is 18.8 Å². The van der Waals surface area contributed by atoms with Gasteiger partial charge in [-0.3, -0.25) is 9.69 Å². The number of benzene rings is 1. The molecule has 1 aromatic carbocycles. The van der Waals surface area contributed by atoms with Crippen LogP contribution in [0.15, 0.2) is 42.5 Å². The summed E-state index contributed by atoms with van der Waals surface area (Å²) in [5.41, 5.74) is 0.130. The van der Waals surface area contributed by atoms with Gasteiger partial charge in [-0.1, -0.05) is 24.8 Å². The molecule has 1 unspecified atom stereocenters. The summed E-state index contributed by atoms with van der Waals surface area (Å²) < 4.78 is 16.2. The van der Waals surface area contributed by atoms with Crippen molar-refractivity contribution in [3.8, 4) is 5.75 Å². The first-order valence-electron chi connectivity index (χ1n) is 4.46. The van der Waals surface area contributed by atoms with Gasteiger partial charge in [0.05, 0.1) is 0 Å². The Morgan fingerprint density at radius 3 is 2.50 bits per heavy atom. The molecule has 1 aromatic rings. The number of nitrogens with one attached hydrogen (secondary N) is 1. The second-order valence-electron chi connectivity index (χ2n) is 3.15. The van der Waals surface area contributed by atoms with Crippen molar-refractivity contribution >= 4 is 13.7 Å². The lowest BCUT2D eigenvalue weighted by Gasteiger charge is -2.13. The number of para-hydroxylation sites is 1. The Labute approximate surface area is 93.3 Å². The van der Waals surface area contributed by atoms with Gasteiger partial charge in [-0.05, 0) is 19.1 Å². The van der Waals surface area contributed by atoms with Crippen LogP contribution in [-0.4, -0.2) is 10.8 Å². The predicted molar refractivity (Wildman–Crippen MR) is 59.9 cm³/mol. The van der Waals surface area contributed by atoms with Crippen LogP contribution in [0.1, 0.15) is 6.92 Å². The molecule has 0 saturated heterocycles. The van der Waals surface area contributed by atoms with Gasteiger partial charge in [0, 0.05) is 5.57 Å². The Kier molecular flexibility index (Phi) is 3.88. The minimum absolute atomic E-state index is 0.130. The summed E-state index contributed by atoms with van der Waals surface area (Å²) in [7, 11) is -4.18. The van der Waals surface area contributed by atoms with Crippen LogP contribution in [0.4, 0.5) is 0 Å². The lowest BCUT2D eigenvalue weighted by Crippen LogP contribution is -2.22. The molecule has 0 spiro atoms. The zero-order valence-corrected chi connectivity index (χ0v) is 9.61. The summed E-state index contributed by atoms with van der Waals surface area (Å²) in [6, 6.07) is 8.05. The van der Waals surface area contributed by atoms with Crippen molar-refractivity contribution in [3.05, 3.63) is 42.5 Å². The summed E-state index contributed by atoms with van der Waals surface area (Å²) in [4.78, 5) is 20.5. The van der Waals surface area contributed by atoms with Crippen LogP contribution in [0.25, 0.3) is 0 Å². The third-order valence-corrected chi connectivity index (χ3v) is 2.55. The summed E-state index contributed by atoms with van der Waals surface area (Å²) in [5.74, 6) is -0.517. The van der Waals surface area contributed by atoms with Crippen molar-refractivity contribution in [1.29, 1.82) is 0 Å². The fourth-order valence-electron chi connectivity index (χ4n) is 0.871. The second kappa shape index (κ2) is 4.96. The van der Waals surface area contributed by atoms with Gasteiger partial charge < -0.3 is 4.52 Å². The zero-order valence-electron chi connectivity index (χ0n) is 8.71. The number of carbonyl (C=O) groups is 1. The largest absolute Gasteiger partial charge is 0.486 e. The molecule has 0 saturated carbocycles. The molecule has 5 nitrogen and oxygen atoms in total. The van der Waals surface area contributed by atoms with Gasteiger partial charge in [0.15, 0.2) is 0 Å². The van der Waals surface area contributed by atoms with E-state index in [4.69, 9.17) is 4.52 Å². The molecule has 0 aromatic heterocycles. The van der Waals surface area contributed by atoms with Crippen LogP contribution < -0.4 is 9.61 Å². The second-order valence-corrected chi connectivity index (χ2v) is 4.59. The highest BCUT2D eigenvalue weighted by Gasteiger charge is 2.24. The van der Waals surface area contributed by atoms with Crippen molar-refractivity contribution in [1.82, 2.24) is 5.09 Å². The first-order valence-corrected chi connectivity index (χ1v) is 6.04. The Bertz CT molecular complexity index is 443. The maximum atomic E-state index is 11.5. The van der Waals surface area contributed by atoms with E-state index in [1.54, 1.807) is 18.2 Å². The molecule has 1 amide bonds. The average Bonchev–Trinajstić information content (AvgIpc) is 2.17. The van der Waals surface area contributed by atoms with E-state index < -0.39 is 13.7 Å². The van der Waals surface area contributed by atoms with Crippen LogP contribution in [0.3, 0.4) is 0 Å². The van der Waals surface area contributed by atoms with Crippen LogP contribution in [0.5, 0.6) is 5.75 Å². The van der Waals surface area contributed by atoms with Crippen molar-refractivity contribution in [2.75, 3.05) is 0 Å². The van der Waals surface area contributed by atoms with E-state index >= 15 is 0 Å². The SMILES string of the molecule is C=C(C)C(=O)NP(=O)(O)Oc1ccccc1. The minimum atomic E-state index is -4.18. The maximum Gasteiger partial charge on any atom is 0.486 e. The molecule has 0 bridgehead atoms.